The quantitative estimate of drug-likeness (QED) is 0.777. The predicted molar refractivity (Wildman–Crippen MR) is 106 cm³/mol. The van der Waals surface area contributed by atoms with E-state index in [0.717, 1.165) is 30.9 Å². The van der Waals surface area contributed by atoms with Crippen molar-refractivity contribution in [3.8, 4) is 0 Å². The molecule has 0 unspecified atom stereocenters. The molecule has 2 aromatic heterocycles. The van der Waals surface area contributed by atoms with Crippen LogP contribution in [0.25, 0.3) is 0 Å². The largest absolute Gasteiger partial charge is 0.345 e. The molecule has 5 nitrogen and oxygen atoms in total. The number of likely N-dealkylation sites (tertiary alicyclic amines) is 1. The Morgan fingerprint density at radius 1 is 1.50 bits per heavy atom. The van der Waals surface area contributed by atoms with Crippen molar-refractivity contribution < 1.29 is 4.79 Å². The molecule has 0 spiro atoms. The van der Waals surface area contributed by atoms with Crippen LogP contribution in [0.2, 0.25) is 0 Å². The maximum absolute atomic E-state index is 12.9. The van der Waals surface area contributed by atoms with Gasteiger partial charge in [-0.05, 0) is 50.2 Å². The van der Waals surface area contributed by atoms with Crippen LogP contribution >= 0.6 is 11.3 Å². The van der Waals surface area contributed by atoms with Crippen LogP contribution in [0.4, 0.5) is 0 Å². The zero-order chi connectivity index (χ0) is 18.7. The highest BCUT2D eigenvalue weighted by atomic mass is 32.1. The fourth-order valence-corrected chi connectivity index (χ4v) is 4.98. The molecule has 1 aliphatic heterocycles. The number of nitrogens with zero attached hydrogens (tertiary/aromatic N) is 4. The van der Waals surface area contributed by atoms with Crippen LogP contribution in [0.1, 0.15) is 49.1 Å². The lowest BCUT2D eigenvalue weighted by Gasteiger charge is -2.42. The van der Waals surface area contributed by atoms with Crippen molar-refractivity contribution in [1.29, 1.82) is 0 Å². The minimum atomic E-state index is -0.0669. The highest BCUT2D eigenvalue weighted by molar-refractivity contribution is 7.10. The van der Waals surface area contributed by atoms with E-state index < -0.39 is 0 Å². The molecule has 3 rings (SSSR count). The Balaban J connectivity index is 1.74. The van der Waals surface area contributed by atoms with Gasteiger partial charge >= 0.3 is 0 Å². The summed E-state index contributed by atoms with van der Waals surface area (Å²) in [6.45, 7) is 7.18. The molecule has 0 saturated carbocycles. The number of carbonyl (C=O) groups excluding carboxylic acids is 1. The molecule has 0 N–H and O–H groups in total. The smallest absolute Gasteiger partial charge is 0.230 e. The molecule has 0 radical (unpaired) electrons. The number of likely N-dealkylation sites (N-methyl/N-ethyl adjacent to an activating group) is 1. The molecule has 0 aromatic carbocycles. The van der Waals surface area contributed by atoms with Crippen molar-refractivity contribution >= 4 is 17.2 Å². The molecule has 1 fully saturated rings. The van der Waals surface area contributed by atoms with Gasteiger partial charge in [0, 0.05) is 43.3 Å². The van der Waals surface area contributed by atoms with E-state index in [1.54, 1.807) is 11.3 Å². The Labute approximate surface area is 160 Å². The number of amides is 1. The second-order valence-electron chi connectivity index (χ2n) is 7.38. The summed E-state index contributed by atoms with van der Waals surface area (Å²) >= 11 is 1.66. The van der Waals surface area contributed by atoms with E-state index in [9.17, 15) is 4.79 Å². The Morgan fingerprint density at radius 3 is 2.92 bits per heavy atom. The zero-order valence-corrected chi connectivity index (χ0v) is 17.1. The molecule has 3 atom stereocenters. The van der Waals surface area contributed by atoms with Crippen molar-refractivity contribution in [2.24, 2.45) is 13.0 Å². The van der Waals surface area contributed by atoms with Crippen LogP contribution in [-0.2, 0) is 11.8 Å². The van der Waals surface area contributed by atoms with E-state index in [0.29, 0.717) is 12.0 Å². The number of thiophene rings is 1. The SMILES string of the molecule is CCN1CCC[C@@H](CN(C)C(=O)[C@H](C)c2cccs2)[C@@H]1c1cnn(C)c1. The van der Waals surface area contributed by atoms with Crippen LogP contribution in [0, 0.1) is 5.92 Å². The van der Waals surface area contributed by atoms with Crippen molar-refractivity contribution in [2.75, 3.05) is 26.7 Å². The first-order chi connectivity index (χ1) is 12.5. The molecule has 6 heteroatoms. The normalized spacial score (nSPS) is 22.3. The molecule has 0 bridgehead atoms. The molecule has 1 amide bonds. The van der Waals surface area contributed by atoms with Crippen molar-refractivity contribution in [3.63, 3.8) is 0 Å². The summed E-state index contributed by atoms with van der Waals surface area (Å²) in [5.74, 6) is 0.589. The molecule has 0 aliphatic carbocycles. The molecule has 2 aromatic rings. The van der Waals surface area contributed by atoms with Crippen LogP contribution in [-0.4, -0.2) is 52.2 Å². The van der Waals surface area contributed by atoms with E-state index in [4.69, 9.17) is 0 Å². The number of carbonyl (C=O) groups is 1. The van der Waals surface area contributed by atoms with Crippen molar-refractivity contribution in [2.45, 2.75) is 38.6 Å². The highest BCUT2D eigenvalue weighted by Crippen LogP contribution is 2.36. The van der Waals surface area contributed by atoms with Crippen LogP contribution in [0.15, 0.2) is 29.9 Å². The number of hydrogen-bond donors (Lipinski definition) is 0. The van der Waals surface area contributed by atoms with E-state index in [2.05, 4.69) is 29.2 Å². The monoisotopic (exact) mass is 374 g/mol. The second kappa shape index (κ2) is 8.35. The number of aromatic nitrogens is 2. The first-order valence-electron chi connectivity index (χ1n) is 9.52. The topological polar surface area (TPSA) is 41.4 Å². The van der Waals surface area contributed by atoms with E-state index in [1.807, 2.05) is 48.2 Å². The molecule has 3 heterocycles. The van der Waals surface area contributed by atoms with Gasteiger partial charge in [-0.3, -0.25) is 14.4 Å². The van der Waals surface area contributed by atoms with E-state index in [-0.39, 0.29) is 11.8 Å². The number of hydrogen-bond acceptors (Lipinski definition) is 4. The molecule has 1 aliphatic rings. The summed E-state index contributed by atoms with van der Waals surface area (Å²) in [6, 6.07) is 4.41. The lowest BCUT2D eigenvalue weighted by Crippen LogP contribution is -2.44. The van der Waals surface area contributed by atoms with Gasteiger partial charge in [0.25, 0.3) is 0 Å². The average Bonchev–Trinajstić information content (AvgIpc) is 3.32. The molecule has 142 valence electrons. The molecule has 26 heavy (non-hydrogen) atoms. The van der Waals surface area contributed by atoms with Crippen LogP contribution in [0.3, 0.4) is 0 Å². The standard InChI is InChI=1S/C20H30N4OS/c1-5-24-10-6-8-16(19(24)17-12-21-23(4)14-17)13-22(3)20(25)15(2)18-9-7-11-26-18/h7,9,11-12,14-16,19H,5-6,8,10,13H2,1-4H3/t15-,16+,19-/m1/s1. The first kappa shape index (κ1) is 19.1. The maximum Gasteiger partial charge on any atom is 0.230 e. The molecular weight excluding hydrogens is 344 g/mol. The summed E-state index contributed by atoms with van der Waals surface area (Å²) in [5.41, 5.74) is 1.27. The van der Waals surface area contributed by atoms with Gasteiger partial charge in [-0.15, -0.1) is 11.3 Å². The third-order valence-electron chi connectivity index (χ3n) is 5.56. The van der Waals surface area contributed by atoms with Gasteiger partial charge in [-0.2, -0.15) is 5.10 Å². The van der Waals surface area contributed by atoms with Gasteiger partial charge in [-0.25, -0.2) is 0 Å². The van der Waals surface area contributed by atoms with Crippen molar-refractivity contribution in [3.05, 3.63) is 40.3 Å². The van der Waals surface area contributed by atoms with E-state index >= 15 is 0 Å². The Morgan fingerprint density at radius 2 is 2.31 bits per heavy atom. The Kier molecular flexibility index (Phi) is 6.14. The lowest BCUT2D eigenvalue weighted by molar-refractivity contribution is -0.132. The Hall–Kier alpha value is -1.66. The Bertz CT molecular complexity index is 711. The van der Waals surface area contributed by atoms with Gasteiger partial charge in [0.05, 0.1) is 12.1 Å². The predicted octanol–water partition coefficient (Wildman–Crippen LogP) is 3.52. The minimum absolute atomic E-state index is 0.0669. The second-order valence-corrected chi connectivity index (χ2v) is 8.36. The highest BCUT2D eigenvalue weighted by Gasteiger charge is 2.34. The fourth-order valence-electron chi connectivity index (χ4n) is 4.21. The minimum Gasteiger partial charge on any atom is -0.345 e. The van der Waals surface area contributed by atoms with Crippen LogP contribution in [0.5, 0.6) is 0 Å². The number of aryl methyl sites for hydroxylation is 1. The fraction of sp³-hybridized carbons (Fsp3) is 0.600. The van der Waals surface area contributed by atoms with Gasteiger partial charge in [-0.1, -0.05) is 13.0 Å². The lowest BCUT2D eigenvalue weighted by atomic mass is 9.85. The number of piperidine rings is 1. The average molecular weight is 375 g/mol. The van der Waals surface area contributed by atoms with Gasteiger partial charge in [0.1, 0.15) is 0 Å². The summed E-state index contributed by atoms with van der Waals surface area (Å²) in [6.07, 6.45) is 6.46. The first-order valence-corrected chi connectivity index (χ1v) is 10.4. The molecule has 1 saturated heterocycles. The maximum atomic E-state index is 12.9. The van der Waals surface area contributed by atoms with Crippen molar-refractivity contribution in [1.82, 2.24) is 19.6 Å². The van der Waals surface area contributed by atoms with Gasteiger partial charge in [0.15, 0.2) is 0 Å². The summed E-state index contributed by atoms with van der Waals surface area (Å²) < 4.78 is 1.88. The number of rotatable bonds is 6. The third kappa shape index (κ3) is 4.01. The summed E-state index contributed by atoms with van der Waals surface area (Å²) in [4.78, 5) is 18.5. The third-order valence-corrected chi connectivity index (χ3v) is 6.61. The summed E-state index contributed by atoms with van der Waals surface area (Å²) in [5, 5.41) is 6.42. The van der Waals surface area contributed by atoms with E-state index in [1.165, 1.54) is 12.0 Å². The van der Waals surface area contributed by atoms with Gasteiger partial charge in [0.2, 0.25) is 5.91 Å². The zero-order valence-electron chi connectivity index (χ0n) is 16.3. The van der Waals surface area contributed by atoms with Crippen LogP contribution < -0.4 is 0 Å². The van der Waals surface area contributed by atoms with Gasteiger partial charge < -0.3 is 4.90 Å². The summed E-state index contributed by atoms with van der Waals surface area (Å²) in [7, 11) is 3.92. The molecular formula is C20H30N4OS.